The highest BCUT2D eigenvalue weighted by molar-refractivity contribution is 6.30. The van der Waals surface area contributed by atoms with Gasteiger partial charge in [-0.2, -0.15) is 10.2 Å². The summed E-state index contributed by atoms with van der Waals surface area (Å²) in [6, 6.07) is 1.59. The third kappa shape index (κ3) is 2.12. The van der Waals surface area contributed by atoms with Crippen molar-refractivity contribution in [3.8, 4) is 0 Å². The lowest BCUT2D eigenvalue weighted by Gasteiger charge is -2.19. The van der Waals surface area contributed by atoms with Gasteiger partial charge in [0, 0.05) is 6.42 Å². The first-order chi connectivity index (χ1) is 7.16. The Kier molecular flexibility index (Phi) is 2.64. The van der Waals surface area contributed by atoms with Crippen molar-refractivity contribution >= 4 is 23.4 Å². The van der Waals surface area contributed by atoms with Gasteiger partial charge in [-0.1, -0.05) is 11.6 Å². The Morgan fingerprint density at radius 1 is 1.47 bits per heavy atom. The molecule has 1 fully saturated rings. The lowest BCUT2D eigenvalue weighted by Crippen LogP contribution is -2.39. The molecule has 1 saturated heterocycles. The highest BCUT2D eigenvalue weighted by Crippen LogP contribution is 2.23. The van der Waals surface area contributed by atoms with E-state index in [1.807, 2.05) is 0 Å². The first-order valence-corrected chi connectivity index (χ1v) is 4.86. The number of hydrogen-bond acceptors (Lipinski definition) is 4. The van der Waals surface area contributed by atoms with Gasteiger partial charge < -0.3 is 0 Å². The van der Waals surface area contributed by atoms with Crippen LogP contribution in [0.5, 0.6) is 0 Å². The molecule has 2 amide bonds. The highest BCUT2D eigenvalue weighted by atomic mass is 35.5. The second kappa shape index (κ2) is 3.94. The summed E-state index contributed by atoms with van der Waals surface area (Å²) >= 11 is 5.74. The summed E-state index contributed by atoms with van der Waals surface area (Å²) in [5.74, 6) is -0.997. The monoisotopic (exact) mass is 225 g/mol. The summed E-state index contributed by atoms with van der Waals surface area (Å²) in [6.07, 6.45) is 2.18. The Balaban J connectivity index is 2.24. The maximum atomic E-state index is 11.5. The minimum Gasteiger partial charge on any atom is -0.296 e. The van der Waals surface area contributed by atoms with Crippen molar-refractivity contribution in [1.82, 2.24) is 15.5 Å². The Labute approximate surface area is 90.8 Å². The molecule has 5 nitrogen and oxygen atoms in total. The molecular formula is C9H8ClN3O2. The molecule has 0 aromatic carbocycles. The summed E-state index contributed by atoms with van der Waals surface area (Å²) in [7, 11) is 0. The molecule has 1 aromatic rings. The molecule has 0 bridgehead atoms. The van der Waals surface area contributed by atoms with Gasteiger partial charge in [0.2, 0.25) is 11.8 Å². The number of carbonyl (C=O) groups excluding carboxylic acids is 2. The van der Waals surface area contributed by atoms with Gasteiger partial charge in [0.1, 0.15) is 0 Å². The summed E-state index contributed by atoms with van der Waals surface area (Å²) in [5.41, 5.74) is 0.507. The minimum absolute atomic E-state index is 0.244. The normalized spacial score (nSPS) is 21.3. The van der Waals surface area contributed by atoms with Crippen molar-refractivity contribution in [2.75, 3.05) is 0 Å². The van der Waals surface area contributed by atoms with Crippen LogP contribution in [0, 0.1) is 0 Å². The Morgan fingerprint density at radius 2 is 2.27 bits per heavy atom. The van der Waals surface area contributed by atoms with E-state index in [1.165, 1.54) is 6.20 Å². The largest absolute Gasteiger partial charge is 0.296 e. The summed E-state index contributed by atoms with van der Waals surface area (Å²) in [5, 5.41) is 10.2. The number of halogens is 1. The van der Waals surface area contributed by atoms with Crippen LogP contribution in [-0.4, -0.2) is 22.0 Å². The number of nitrogens with zero attached hydrogens (tertiary/aromatic N) is 2. The molecule has 0 saturated carbocycles. The van der Waals surface area contributed by atoms with Crippen LogP contribution in [-0.2, 0) is 9.59 Å². The molecule has 1 aromatic heterocycles. The van der Waals surface area contributed by atoms with E-state index in [4.69, 9.17) is 11.6 Å². The van der Waals surface area contributed by atoms with Crippen LogP contribution in [0.15, 0.2) is 12.3 Å². The van der Waals surface area contributed by atoms with Crippen molar-refractivity contribution in [3.05, 3.63) is 23.0 Å². The van der Waals surface area contributed by atoms with Crippen molar-refractivity contribution in [3.63, 3.8) is 0 Å². The number of piperidine rings is 1. The average Bonchev–Trinajstić information content (AvgIpc) is 2.17. The third-order valence-corrected chi connectivity index (χ3v) is 2.44. The molecule has 1 aliphatic rings. The van der Waals surface area contributed by atoms with Crippen molar-refractivity contribution < 1.29 is 9.59 Å². The number of amides is 2. The molecule has 1 N–H and O–H groups in total. The second-order valence-corrected chi connectivity index (χ2v) is 3.74. The fraction of sp³-hybridized carbons (Fsp3) is 0.333. The number of hydrogen-bond donors (Lipinski definition) is 1. The van der Waals surface area contributed by atoms with Crippen LogP contribution >= 0.6 is 11.6 Å². The minimum atomic E-state index is -0.422. The number of carbonyl (C=O) groups is 2. The zero-order valence-corrected chi connectivity index (χ0v) is 8.49. The molecule has 1 atom stereocenters. The van der Waals surface area contributed by atoms with Gasteiger partial charge in [-0.15, -0.1) is 0 Å². The molecule has 0 radical (unpaired) electrons. The molecule has 2 heterocycles. The van der Waals surface area contributed by atoms with E-state index in [2.05, 4.69) is 15.5 Å². The first-order valence-electron chi connectivity index (χ1n) is 4.48. The van der Waals surface area contributed by atoms with Crippen LogP contribution < -0.4 is 5.32 Å². The van der Waals surface area contributed by atoms with E-state index < -0.39 is 5.92 Å². The van der Waals surface area contributed by atoms with E-state index in [-0.39, 0.29) is 11.8 Å². The summed E-state index contributed by atoms with van der Waals surface area (Å²) in [6.45, 7) is 0. The van der Waals surface area contributed by atoms with E-state index in [9.17, 15) is 9.59 Å². The second-order valence-electron chi connectivity index (χ2n) is 3.30. The molecule has 15 heavy (non-hydrogen) atoms. The maximum absolute atomic E-state index is 11.5. The molecule has 2 rings (SSSR count). The molecule has 0 aliphatic carbocycles. The lowest BCUT2D eigenvalue weighted by molar-refractivity contribution is -0.134. The molecule has 0 spiro atoms. The number of rotatable bonds is 1. The van der Waals surface area contributed by atoms with Gasteiger partial charge in [0.15, 0.2) is 0 Å². The smallest absolute Gasteiger partial charge is 0.235 e. The zero-order valence-electron chi connectivity index (χ0n) is 7.74. The predicted octanol–water partition coefficient (Wildman–Crippen LogP) is 0.650. The van der Waals surface area contributed by atoms with Crippen molar-refractivity contribution in [2.24, 2.45) is 0 Å². The van der Waals surface area contributed by atoms with Gasteiger partial charge in [-0.25, -0.2) is 0 Å². The predicted molar refractivity (Wildman–Crippen MR) is 52.2 cm³/mol. The topological polar surface area (TPSA) is 72.0 Å². The van der Waals surface area contributed by atoms with Crippen LogP contribution in [0.25, 0.3) is 0 Å². The van der Waals surface area contributed by atoms with E-state index in [1.54, 1.807) is 6.07 Å². The summed E-state index contributed by atoms with van der Waals surface area (Å²) in [4.78, 5) is 22.4. The molecular weight excluding hydrogens is 218 g/mol. The molecule has 1 aliphatic heterocycles. The van der Waals surface area contributed by atoms with Crippen molar-refractivity contribution in [2.45, 2.75) is 18.8 Å². The number of nitrogens with one attached hydrogen (secondary N) is 1. The fourth-order valence-corrected chi connectivity index (χ4v) is 1.66. The van der Waals surface area contributed by atoms with Gasteiger partial charge >= 0.3 is 0 Å². The maximum Gasteiger partial charge on any atom is 0.235 e. The van der Waals surface area contributed by atoms with Crippen LogP contribution in [0.2, 0.25) is 5.02 Å². The standard InChI is InChI=1S/C9H8ClN3O2/c10-5-3-7(13-11-4-5)6-1-2-8(14)12-9(6)15/h3-4,6H,1-2H2,(H,12,14,15). The highest BCUT2D eigenvalue weighted by Gasteiger charge is 2.29. The lowest BCUT2D eigenvalue weighted by atomic mass is 9.95. The molecule has 6 heteroatoms. The van der Waals surface area contributed by atoms with E-state index in [0.29, 0.717) is 23.6 Å². The first kappa shape index (κ1) is 10.0. The third-order valence-electron chi connectivity index (χ3n) is 2.24. The zero-order chi connectivity index (χ0) is 10.8. The Hall–Kier alpha value is -1.49. The van der Waals surface area contributed by atoms with Gasteiger partial charge in [-0.05, 0) is 12.5 Å². The molecule has 1 unspecified atom stereocenters. The van der Waals surface area contributed by atoms with E-state index >= 15 is 0 Å². The van der Waals surface area contributed by atoms with Gasteiger partial charge in [0.05, 0.1) is 22.8 Å². The van der Waals surface area contributed by atoms with Crippen LogP contribution in [0.3, 0.4) is 0 Å². The van der Waals surface area contributed by atoms with Gasteiger partial charge in [0.25, 0.3) is 0 Å². The Bertz CT molecular complexity index is 422. The van der Waals surface area contributed by atoms with E-state index in [0.717, 1.165) is 0 Å². The van der Waals surface area contributed by atoms with Crippen molar-refractivity contribution in [1.29, 1.82) is 0 Å². The summed E-state index contributed by atoms with van der Waals surface area (Å²) < 4.78 is 0. The molecule has 78 valence electrons. The van der Waals surface area contributed by atoms with Crippen LogP contribution in [0.1, 0.15) is 24.5 Å². The SMILES string of the molecule is O=C1CCC(c2cc(Cl)cnn2)C(=O)N1. The fourth-order valence-electron chi connectivity index (χ4n) is 1.50. The number of aromatic nitrogens is 2. The quantitative estimate of drug-likeness (QED) is 0.713. The Morgan fingerprint density at radius 3 is 2.93 bits per heavy atom. The van der Waals surface area contributed by atoms with Gasteiger partial charge in [-0.3, -0.25) is 14.9 Å². The van der Waals surface area contributed by atoms with Crippen LogP contribution in [0.4, 0.5) is 0 Å². The average molecular weight is 226 g/mol. The number of imide groups is 1.